The molecule has 7 nitrogen and oxygen atoms in total. The largest absolute Gasteiger partial charge is 0.354 e. The number of hydrogen-bond donors (Lipinski definition) is 2. The molecule has 1 aromatic carbocycles. The molecule has 0 bridgehead atoms. The predicted octanol–water partition coefficient (Wildman–Crippen LogP) is 2.32. The van der Waals surface area contributed by atoms with Gasteiger partial charge in [0, 0.05) is 50.5 Å². The van der Waals surface area contributed by atoms with Crippen LogP contribution in [0.3, 0.4) is 0 Å². The third-order valence-electron chi connectivity index (χ3n) is 4.27. The second-order valence-electron chi connectivity index (χ2n) is 6.07. The lowest BCUT2D eigenvalue weighted by Gasteiger charge is -2.34. The van der Waals surface area contributed by atoms with Gasteiger partial charge in [-0.05, 0) is 30.8 Å². The molecule has 1 aliphatic heterocycles. The molecule has 0 aliphatic carbocycles. The van der Waals surface area contributed by atoms with E-state index >= 15 is 0 Å². The molecule has 3 rings (SSSR count). The molecule has 1 aliphatic rings. The van der Waals surface area contributed by atoms with Gasteiger partial charge in [-0.3, -0.25) is 4.79 Å². The molecule has 2 heterocycles. The minimum absolute atomic E-state index is 0.0793. The third-order valence-corrected chi connectivity index (χ3v) is 4.27. The van der Waals surface area contributed by atoms with E-state index in [9.17, 15) is 4.79 Å². The second-order valence-corrected chi connectivity index (χ2v) is 6.07. The quantitative estimate of drug-likeness (QED) is 0.870. The van der Waals surface area contributed by atoms with Gasteiger partial charge in [-0.25, -0.2) is 9.97 Å². The number of piperazine rings is 1. The highest BCUT2D eigenvalue weighted by Gasteiger charge is 2.17. The lowest BCUT2D eigenvalue weighted by molar-refractivity contribution is -0.114. The molecule has 0 radical (unpaired) electrons. The van der Waals surface area contributed by atoms with Gasteiger partial charge in [0.2, 0.25) is 5.91 Å². The number of hydrogen-bond acceptors (Lipinski definition) is 6. The number of nitrogens with one attached hydrogen (secondary N) is 2. The zero-order valence-electron chi connectivity index (χ0n) is 14.7. The summed E-state index contributed by atoms with van der Waals surface area (Å²) in [6, 6.07) is 9.51. The fourth-order valence-electron chi connectivity index (χ4n) is 2.87. The number of benzene rings is 1. The minimum atomic E-state index is -0.0793. The van der Waals surface area contributed by atoms with E-state index in [2.05, 4.69) is 37.3 Å². The first-order chi connectivity index (χ1) is 12.1. The van der Waals surface area contributed by atoms with Crippen LogP contribution in [-0.4, -0.2) is 53.5 Å². The second kappa shape index (κ2) is 7.94. The Labute approximate surface area is 148 Å². The first-order valence-corrected chi connectivity index (χ1v) is 8.58. The molecule has 1 fully saturated rings. The zero-order valence-corrected chi connectivity index (χ0v) is 14.7. The van der Waals surface area contributed by atoms with Crippen LogP contribution in [-0.2, 0) is 4.79 Å². The molecule has 25 heavy (non-hydrogen) atoms. The average molecular weight is 340 g/mol. The number of anilines is 4. The maximum Gasteiger partial charge on any atom is 0.221 e. The Hall–Kier alpha value is -2.67. The monoisotopic (exact) mass is 340 g/mol. The Bertz CT molecular complexity index is 710. The van der Waals surface area contributed by atoms with Crippen LogP contribution in [0.1, 0.15) is 13.8 Å². The molecule has 1 saturated heterocycles. The highest BCUT2D eigenvalue weighted by molar-refractivity contribution is 5.88. The van der Waals surface area contributed by atoms with Gasteiger partial charge in [0.1, 0.15) is 18.0 Å². The first-order valence-electron chi connectivity index (χ1n) is 8.58. The van der Waals surface area contributed by atoms with E-state index < -0.39 is 0 Å². The van der Waals surface area contributed by atoms with Crippen LogP contribution < -0.4 is 15.5 Å². The molecule has 132 valence electrons. The number of aromatic nitrogens is 2. The van der Waals surface area contributed by atoms with E-state index in [0.717, 1.165) is 55.7 Å². The van der Waals surface area contributed by atoms with Gasteiger partial charge in [-0.2, -0.15) is 0 Å². The molecule has 7 heteroatoms. The van der Waals surface area contributed by atoms with Crippen molar-refractivity contribution in [2.45, 2.75) is 13.8 Å². The smallest absolute Gasteiger partial charge is 0.221 e. The van der Waals surface area contributed by atoms with Crippen LogP contribution in [0.25, 0.3) is 0 Å². The van der Waals surface area contributed by atoms with E-state index in [1.807, 2.05) is 30.3 Å². The van der Waals surface area contributed by atoms with Gasteiger partial charge in [-0.15, -0.1) is 0 Å². The summed E-state index contributed by atoms with van der Waals surface area (Å²) in [5, 5.41) is 6.04. The fourth-order valence-corrected chi connectivity index (χ4v) is 2.87. The van der Waals surface area contributed by atoms with E-state index in [1.54, 1.807) is 6.33 Å². The summed E-state index contributed by atoms with van der Waals surface area (Å²) in [6.07, 6.45) is 1.59. The van der Waals surface area contributed by atoms with Gasteiger partial charge in [0.25, 0.3) is 0 Å². The number of nitrogens with zero attached hydrogens (tertiary/aromatic N) is 4. The fraction of sp³-hybridized carbons (Fsp3) is 0.389. The van der Waals surface area contributed by atoms with Crippen molar-refractivity contribution in [3.63, 3.8) is 0 Å². The lowest BCUT2D eigenvalue weighted by Crippen LogP contribution is -2.46. The highest BCUT2D eigenvalue weighted by atomic mass is 16.1. The summed E-state index contributed by atoms with van der Waals surface area (Å²) in [6.45, 7) is 8.88. The molecule has 1 amide bonds. The van der Waals surface area contributed by atoms with Crippen molar-refractivity contribution in [1.82, 2.24) is 14.9 Å². The molecule has 1 aromatic heterocycles. The lowest BCUT2D eigenvalue weighted by atomic mass is 10.2. The summed E-state index contributed by atoms with van der Waals surface area (Å²) in [5.74, 6) is 1.63. The zero-order chi connectivity index (χ0) is 17.6. The van der Waals surface area contributed by atoms with Gasteiger partial charge in [0.05, 0.1) is 0 Å². The SMILES string of the molecule is CCN1CCN(c2cc(Nc3ccc(NC(C)=O)cc3)ncn2)CC1. The molecular weight excluding hydrogens is 316 g/mol. The number of likely N-dealkylation sites (N-methyl/N-ethyl adjacent to an activating group) is 1. The highest BCUT2D eigenvalue weighted by Crippen LogP contribution is 2.21. The average Bonchev–Trinajstić information content (AvgIpc) is 2.63. The van der Waals surface area contributed by atoms with Gasteiger partial charge in [0.15, 0.2) is 0 Å². The normalized spacial score (nSPS) is 15.0. The van der Waals surface area contributed by atoms with Crippen molar-refractivity contribution in [2.75, 3.05) is 48.3 Å². The van der Waals surface area contributed by atoms with E-state index in [-0.39, 0.29) is 5.91 Å². The summed E-state index contributed by atoms with van der Waals surface area (Å²) < 4.78 is 0. The Morgan fingerprint density at radius 1 is 1.08 bits per heavy atom. The molecule has 2 aromatic rings. The number of carbonyl (C=O) groups excluding carboxylic acids is 1. The summed E-state index contributed by atoms with van der Waals surface area (Å²) in [5.41, 5.74) is 1.68. The molecule has 0 unspecified atom stereocenters. The van der Waals surface area contributed by atoms with Crippen molar-refractivity contribution in [1.29, 1.82) is 0 Å². The topological polar surface area (TPSA) is 73.4 Å². The maximum absolute atomic E-state index is 11.1. The van der Waals surface area contributed by atoms with Crippen molar-refractivity contribution in [3.8, 4) is 0 Å². The summed E-state index contributed by atoms with van der Waals surface area (Å²) in [7, 11) is 0. The standard InChI is InChI=1S/C18H24N6O/c1-3-23-8-10-24(11-9-23)18-12-17(19-13-20-18)22-16-6-4-15(5-7-16)21-14(2)25/h4-7,12-13H,3,8-11H2,1-2H3,(H,21,25)(H,19,20,22). The Morgan fingerprint density at radius 3 is 2.40 bits per heavy atom. The molecule has 2 N–H and O–H groups in total. The number of carbonyl (C=O) groups is 1. The third kappa shape index (κ3) is 4.67. The number of amides is 1. The van der Waals surface area contributed by atoms with Crippen LogP contribution in [0.5, 0.6) is 0 Å². The summed E-state index contributed by atoms with van der Waals surface area (Å²) in [4.78, 5) is 24.5. The van der Waals surface area contributed by atoms with Crippen LogP contribution >= 0.6 is 0 Å². The Morgan fingerprint density at radius 2 is 1.76 bits per heavy atom. The molecule has 0 spiro atoms. The van der Waals surface area contributed by atoms with Crippen molar-refractivity contribution in [2.24, 2.45) is 0 Å². The number of rotatable bonds is 5. The van der Waals surface area contributed by atoms with Crippen LogP contribution in [0, 0.1) is 0 Å². The van der Waals surface area contributed by atoms with Crippen molar-refractivity contribution in [3.05, 3.63) is 36.7 Å². The van der Waals surface area contributed by atoms with Crippen LogP contribution in [0.4, 0.5) is 23.0 Å². The van der Waals surface area contributed by atoms with Crippen molar-refractivity contribution >= 4 is 28.9 Å². The Kier molecular flexibility index (Phi) is 5.45. The first kappa shape index (κ1) is 17.2. The van der Waals surface area contributed by atoms with E-state index in [1.165, 1.54) is 6.92 Å². The molecule has 0 saturated carbocycles. The van der Waals surface area contributed by atoms with Gasteiger partial charge < -0.3 is 20.4 Å². The van der Waals surface area contributed by atoms with Crippen molar-refractivity contribution < 1.29 is 4.79 Å². The van der Waals surface area contributed by atoms with Crippen LogP contribution in [0.2, 0.25) is 0 Å². The molecular formula is C18H24N6O. The van der Waals surface area contributed by atoms with Gasteiger partial charge in [-0.1, -0.05) is 6.92 Å². The predicted molar refractivity (Wildman–Crippen MR) is 100 cm³/mol. The van der Waals surface area contributed by atoms with E-state index in [4.69, 9.17) is 0 Å². The molecule has 0 atom stereocenters. The van der Waals surface area contributed by atoms with E-state index in [0.29, 0.717) is 0 Å². The Balaban J connectivity index is 1.64. The summed E-state index contributed by atoms with van der Waals surface area (Å²) >= 11 is 0. The van der Waals surface area contributed by atoms with Crippen LogP contribution in [0.15, 0.2) is 36.7 Å². The minimum Gasteiger partial charge on any atom is -0.354 e. The van der Waals surface area contributed by atoms with Gasteiger partial charge >= 0.3 is 0 Å². The maximum atomic E-state index is 11.1.